The van der Waals surface area contributed by atoms with Crippen LogP contribution in [0.15, 0.2) is 17.1 Å². The molecule has 2 heterocycles. The van der Waals surface area contributed by atoms with Gasteiger partial charge in [0.2, 0.25) is 5.60 Å². The zero-order valence-electron chi connectivity index (χ0n) is 9.62. The van der Waals surface area contributed by atoms with Crippen LogP contribution in [0.1, 0.15) is 6.23 Å². The molecule has 0 saturated carbocycles. The minimum Gasteiger partial charge on any atom is -0.394 e. The first-order valence-electron chi connectivity index (χ1n) is 5.36. The van der Waals surface area contributed by atoms with E-state index in [1.165, 1.54) is 6.20 Å². The summed E-state index contributed by atoms with van der Waals surface area (Å²) in [5.41, 5.74) is -2.72. The van der Waals surface area contributed by atoms with Crippen molar-refractivity contribution in [2.45, 2.75) is 24.1 Å². The van der Waals surface area contributed by atoms with E-state index >= 15 is 0 Å². The lowest BCUT2D eigenvalue weighted by molar-refractivity contribution is -0.0739. The summed E-state index contributed by atoms with van der Waals surface area (Å²) in [6.07, 6.45) is 1.84. The van der Waals surface area contributed by atoms with Gasteiger partial charge in [-0.15, -0.1) is 6.42 Å². The van der Waals surface area contributed by atoms with Crippen LogP contribution in [0.2, 0.25) is 0 Å². The van der Waals surface area contributed by atoms with Gasteiger partial charge in [0.1, 0.15) is 6.10 Å². The summed E-state index contributed by atoms with van der Waals surface area (Å²) in [4.78, 5) is 13.4. The molecular weight excluding hydrogens is 275 g/mol. The molecule has 0 radical (unpaired) electrons. The second kappa shape index (κ2) is 4.86. The normalized spacial score (nSPS) is 34.1. The van der Waals surface area contributed by atoms with Gasteiger partial charge in [0.15, 0.2) is 17.2 Å². The fourth-order valence-corrected chi connectivity index (χ4v) is 2.19. The van der Waals surface area contributed by atoms with E-state index in [4.69, 9.17) is 28.5 Å². The van der Waals surface area contributed by atoms with Gasteiger partial charge in [0.05, 0.1) is 6.61 Å². The van der Waals surface area contributed by atoms with Crippen LogP contribution in [-0.4, -0.2) is 44.2 Å². The summed E-state index contributed by atoms with van der Waals surface area (Å²) in [6, 6.07) is 1.13. The van der Waals surface area contributed by atoms with Crippen LogP contribution < -0.4 is 5.56 Å². The topological polar surface area (TPSA) is 87.5 Å². The fourth-order valence-electron chi connectivity index (χ4n) is 1.93. The molecule has 102 valence electrons. The van der Waals surface area contributed by atoms with Gasteiger partial charge in [-0.25, -0.2) is 4.39 Å². The standard InChI is InChI=1S/C11H11FN2O4S/c1-2-11(17)8(12)6(5-15)18-9(11)14-4-3-7(16)13-10(14)19/h1,3-4,6,8-9,15,17H,5H2,(H,13,16,19). The Balaban J connectivity index is 2.52. The van der Waals surface area contributed by atoms with Crippen LogP contribution in [0.25, 0.3) is 0 Å². The summed E-state index contributed by atoms with van der Waals surface area (Å²) in [7, 11) is 0. The Morgan fingerprint density at radius 3 is 2.95 bits per heavy atom. The average molecular weight is 286 g/mol. The van der Waals surface area contributed by atoms with Crippen molar-refractivity contribution in [3.05, 3.63) is 27.4 Å². The number of nitrogens with one attached hydrogen (secondary N) is 1. The molecule has 1 fully saturated rings. The first-order valence-corrected chi connectivity index (χ1v) is 5.77. The Labute approximate surface area is 112 Å². The number of rotatable bonds is 2. The number of hydrogen-bond donors (Lipinski definition) is 3. The molecule has 1 aliphatic heterocycles. The van der Waals surface area contributed by atoms with Crippen LogP contribution in [0.5, 0.6) is 0 Å². The number of hydrogen-bond acceptors (Lipinski definition) is 5. The lowest BCUT2D eigenvalue weighted by Crippen LogP contribution is -2.43. The zero-order valence-corrected chi connectivity index (χ0v) is 10.4. The largest absolute Gasteiger partial charge is 0.394 e. The lowest BCUT2D eigenvalue weighted by atomic mass is 9.96. The Morgan fingerprint density at radius 1 is 1.74 bits per heavy atom. The molecule has 0 aromatic carbocycles. The van der Waals surface area contributed by atoms with Crippen LogP contribution in [0.3, 0.4) is 0 Å². The van der Waals surface area contributed by atoms with Crippen LogP contribution in [0.4, 0.5) is 4.39 Å². The molecule has 19 heavy (non-hydrogen) atoms. The van der Waals surface area contributed by atoms with E-state index in [2.05, 4.69) is 4.98 Å². The number of aliphatic hydroxyl groups excluding tert-OH is 1. The molecule has 1 aromatic heterocycles. The third-order valence-corrected chi connectivity index (χ3v) is 3.25. The van der Waals surface area contributed by atoms with E-state index in [-0.39, 0.29) is 4.77 Å². The third kappa shape index (κ3) is 2.11. The second-order valence-corrected chi connectivity index (χ2v) is 4.49. The van der Waals surface area contributed by atoms with E-state index in [1.54, 1.807) is 0 Å². The van der Waals surface area contributed by atoms with Crippen molar-refractivity contribution in [1.29, 1.82) is 0 Å². The summed E-state index contributed by atoms with van der Waals surface area (Å²) in [5.74, 6) is 1.93. The molecule has 4 unspecified atom stereocenters. The highest BCUT2D eigenvalue weighted by molar-refractivity contribution is 7.71. The van der Waals surface area contributed by atoms with Crippen molar-refractivity contribution in [2.75, 3.05) is 6.61 Å². The van der Waals surface area contributed by atoms with E-state index in [0.717, 1.165) is 10.6 Å². The van der Waals surface area contributed by atoms with Crippen molar-refractivity contribution >= 4 is 12.2 Å². The Morgan fingerprint density at radius 2 is 2.42 bits per heavy atom. The molecule has 8 heteroatoms. The quantitative estimate of drug-likeness (QED) is 0.504. The summed E-state index contributed by atoms with van der Waals surface area (Å²) >= 11 is 4.90. The Kier molecular flexibility index (Phi) is 3.56. The van der Waals surface area contributed by atoms with Crippen molar-refractivity contribution < 1.29 is 19.3 Å². The molecule has 1 saturated heterocycles. The van der Waals surface area contributed by atoms with Crippen LogP contribution in [0, 0.1) is 17.1 Å². The zero-order chi connectivity index (χ0) is 14.2. The van der Waals surface area contributed by atoms with Crippen LogP contribution >= 0.6 is 12.2 Å². The highest BCUT2D eigenvalue weighted by atomic mass is 32.1. The highest BCUT2D eigenvalue weighted by Crippen LogP contribution is 2.39. The SMILES string of the molecule is C#CC1(O)C(F)C(CO)OC1n1ccc(=O)[nH]c1=S. The molecule has 1 aliphatic rings. The molecule has 2 rings (SSSR count). The number of nitrogens with zero attached hydrogens (tertiary/aromatic N) is 1. The summed E-state index contributed by atoms with van der Waals surface area (Å²) < 4.78 is 20.2. The number of halogens is 1. The van der Waals surface area contributed by atoms with Crippen LogP contribution in [-0.2, 0) is 4.74 Å². The highest BCUT2D eigenvalue weighted by Gasteiger charge is 2.56. The summed E-state index contributed by atoms with van der Waals surface area (Å²) in [5, 5.41) is 19.2. The molecule has 3 N–H and O–H groups in total. The van der Waals surface area contributed by atoms with Gasteiger partial charge in [-0.2, -0.15) is 0 Å². The third-order valence-electron chi connectivity index (χ3n) is 2.94. The number of ether oxygens (including phenoxy) is 1. The maximum absolute atomic E-state index is 14.0. The lowest BCUT2D eigenvalue weighted by Gasteiger charge is -2.25. The molecule has 6 nitrogen and oxygen atoms in total. The number of H-pyrrole nitrogens is 1. The van der Waals surface area contributed by atoms with Crippen molar-refractivity contribution in [3.63, 3.8) is 0 Å². The Bertz CT molecular complexity index is 637. The molecule has 1 aromatic rings. The Hall–Kier alpha value is -1.53. The predicted octanol–water partition coefficient (Wildman–Crippen LogP) is -0.502. The molecule has 0 spiro atoms. The fraction of sp³-hybridized carbons (Fsp3) is 0.455. The van der Waals surface area contributed by atoms with E-state index in [1.807, 2.05) is 5.92 Å². The van der Waals surface area contributed by atoms with Gasteiger partial charge in [0, 0.05) is 12.3 Å². The van der Waals surface area contributed by atoms with E-state index in [9.17, 15) is 14.3 Å². The van der Waals surface area contributed by atoms with Crippen molar-refractivity contribution in [3.8, 4) is 12.3 Å². The molecule has 0 aliphatic carbocycles. The number of terminal acetylenes is 1. The van der Waals surface area contributed by atoms with E-state index < -0.39 is 36.3 Å². The van der Waals surface area contributed by atoms with Gasteiger partial charge in [-0.1, -0.05) is 5.92 Å². The van der Waals surface area contributed by atoms with Gasteiger partial charge in [-0.3, -0.25) is 14.3 Å². The second-order valence-electron chi connectivity index (χ2n) is 4.10. The molecule has 4 atom stereocenters. The molecule has 0 bridgehead atoms. The molecule has 0 amide bonds. The minimum absolute atomic E-state index is 0.0723. The first kappa shape index (κ1) is 13.9. The molecular formula is C11H11FN2O4S. The summed E-state index contributed by atoms with van der Waals surface area (Å²) in [6.45, 7) is -0.641. The number of aromatic amines is 1. The van der Waals surface area contributed by atoms with Gasteiger partial charge >= 0.3 is 0 Å². The predicted molar refractivity (Wildman–Crippen MR) is 65.6 cm³/mol. The van der Waals surface area contributed by atoms with Gasteiger partial charge in [0.25, 0.3) is 5.56 Å². The maximum atomic E-state index is 14.0. The van der Waals surface area contributed by atoms with Crippen molar-refractivity contribution in [1.82, 2.24) is 9.55 Å². The van der Waals surface area contributed by atoms with Gasteiger partial charge < -0.3 is 14.9 Å². The monoisotopic (exact) mass is 286 g/mol. The average Bonchev–Trinajstić information content (AvgIpc) is 2.63. The maximum Gasteiger partial charge on any atom is 0.251 e. The number of aliphatic hydroxyl groups is 2. The number of alkyl halides is 1. The minimum atomic E-state index is -2.27. The first-order chi connectivity index (χ1) is 8.93. The van der Waals surface area contributed by atoms with E-state index in [0.29, 0.717) is 0 Å². The number of aromatic nitrogens is 2. The van der Waals surface area contributed by atoms with Gasteiger partial charge in [-0.05, 0) is 12.2 Å². The van der Waals surface area contributed by atoms with Crippen molar-refractivity contribution in [2.24, 2.45) is 0 Å². The smallest absolute Gasteiger partial charge is 0.251 e.